The van der Waals surface area contributed by atoms with Crippen LogP contribution in [0.2, 0.25) is 0 Å². The minimum Gasteiger partial charge on any atom is -0.494 e. The van der Waals surface area contributed by atoms with Crippen LogP contribution >= 0.6 is 0 Å². The van der Waals surface area contributed by atoms with Gasteiger partial charge in [-0.05, 0) is 69.7 Å². The van der Waals surface area contributed by atoms with E-state index in [1.807, 2.05) is 13.0 Å². The van der Waals surface area contributed by atoms with E-state index in [2.05, 4.69) is 16.0 Å². The summed E-state index contributed by atoms with van der Waals surface area (Å²) in [4.78, 5) is 35.8. The lowest BCUT2D eigenvalue weighted by atomic mass is 10.2. The van der Waals surface area contributed by atoms with E-state index in [-0.39, 0.29) is 25.6 Å². The largest absolute Gasteiger partial charge is 0.494 e. The monoisotopic (exact) mass is 457 g/mol. The summed E-state index contributed by atoms with van der Waals surface area (Å²) in [5.74, 6) is 0.630. The molecule has 9 nitrogen and oxygen atoms in total. The Morgan fingerprint density at radius 2 is 1.55 bits per heavy atom. The van der Waals surface area contributed by atoms with Crippen molar-refractivity contribution < 1.29 is 28.6 Å². The average molecular weight is 458 g/mol. The van der Waals surface area contributed by atoms with Crippen LogP contribution in [-0.4, -0.2) is 43.3 Å². The first kappa shape index (κ1) is 25.5. The van der Waals surface area contributed by atoms with Crippen LogP contribution < -0.4 is 25.4 Å². The summed E-state index contributed by atoms with van der Waals surface area (Å²) >= 11 is 0. The van der Waals surface area contributed by atoms with E-state index >= 15 is 0 Å². The molecule has 2 aromatic rings. The maximum Gasteiger partial charge on any atom is 0.408 e. The van der Waals surface area contributed by atoms with Crippen LogP contribution in [0.25, 0.3) is 0 Å². The molecule has 0 aromatic heterocycles. The van der Waals surface area contributed by atoms with E-state index in [0.29, 0.717) is 18.0 Å². The number of benzene rings is 2. The van der Waals surface area contributed by atoms with Crippen molar-refractivity contribution in [2.45, 2.75) is 39.8 Å². The Balaban J connectivity index is 1.74. The highest BCUT2D eigenvalue weighted by molar-refractivity contribution is 5.93. The van der Waals surface area contributed by atoms with E-state index in [1.165, 1.54) is 0 Å². The first-order chi connectivity index (χ1) is 15.6. The van der Waals surface area contributed by atoms with Gasteiger partial charge in [0.2, 0.25) is 5.91 Å². The predicted molar refractivity (Wildman–Crippen MR) is 124 cm³/mol. The Morgan fingerprint density at radius 3 is 2.18 bits per heavy atom. The molecule has 0 saturated heterocycles. The summed E-state index contributed by atoms with van der Waals surface area (Å²) in [7, 11) is 0. The van der Waals surface area contributed by atoms with E-state index in [9.17, 15) is 14.4 Å². The number of alkyl carbamates (subject to hydrolysis) is 1. The van der Waals surface area contributed by atoms with Gasteiger partial charge in [0.25, 0.3) is 5.91 Å². The molecule has 0 radical (unpaired) electrons. The summed E-state index contributed by atoms with van der Waals surface area (Å²) in [5, 5.41) is 7.86. The molecule has 0 saturated carbocycles. The molecule has 3 amide bonds. The lowest BCUT2D eigenvalue weighted by Gasteiger charge is -2.19. The Hall–Kier alpha value is -3.75. The van der Waals surface area contributed by atoms with Crippen LogP contribution in [0.5, 0.6) is 11.5 Å². The molecule has 0 spiro atoms. The molecular weight excluding hydrogens is 426 g/mol. The van der Waals surface area contributed by atoms with Crippen molar-refractivity contribution in [3.05, 3.63) is 54.1 Å². The van der Waals surface area contributed by atoms with E-state index in [1.54, 1.807) is 63.2 Å². The van der Waals surface area contributed by atoms with Gasteiger partial charge >= 0.3 is 6.09 Å². The van der Waals surface area contributed by atoms with Crippen LogP contribution in [-0.2, 0) is 20.9 Å². The van der Waals surface area contributed by atoms with Crippen LogP contribution in [0, 0.1) is 0 Å². The van der Waals surface area contributed by atoms with E-state index in [0.717, 1.165) is 11.3 Å². The second-order valence-electron chi connectivity index (χ2n) is 8.07. The van der Waals surface area contributed by atoms with Gasteiger partial charge in [-0.2, -0.15) is 0 Å². The first-order valence-corrected chi connectivity index (χ1v) is 10.6. The molecule has 0 heterocycles. The van der Waals surface area contributed by atoms with Crippen molar-refractivity contribution in [3.63, 3.8) is 0 Å². The fraction of sp³-hybridized carbons (Fsp3) is 0.375. The van der Waals surface area contributed by atoms with Gasteiger partial charge < -0.3 is 30.2 Å². The van der Waals surface area contributed by atoms with Crippen molar-refractivity contribution in [1.82, 2.24) is 10.6 Å². The van der Waals surface area contributed by atoms with Crippen LogP contribution in [0.3, 0.4) is 0 Å². The second kappa shape index (κ2) is 12.3. The number of ether oxygens (including phenoxy) is 3. The standard InChI is InChI=1S/C24H31N3O6/c1-5-31-19-9-11-20(12-10-19)32-16-22(29)25-14-17-7-6-8-18(13-17)27-21(28)15-26-23(30)33-24(2,3)4/h6-13H,5,14-16H2,1-4H3,(H,25,29)(H,26,30)(H,27,28). The molecule has 3 N–H and O–H groups in total. The van der Waals surface area contributed by atoms with Crippen LogP contribution in [0.4, 0.5) is 10.5 Å². The number of carbonyl (C=O) groups excluding carboxylic acids is 3. The summed E-state index contributed by atoms with van der Waals surface area (Å²) in [6.45, 7) is 7.62. The predicted octanol–water partition coefficient (Wildman–Crippen LogP) is 3.24. The zero-order valence-corrected chi connectivity index (χ0v) is 19.4. The summed E-state index contributed by atoms with van der Waals surface area (Å²) in [5.41, 5.74) is 0.698. The zero-order valence-electron chi connectivity index (χ0n) is 19.4. The first-order valence-electron chi connectivity index (χ1n) is 10.6. The zero-order chi connectivity index (χ0) is 24.3. The quantitative estimate of drug-likeness (QED) is 0.505. The third-order valence-corrected chi connectivity index (χ3v) is 4.00. The van der Waals surface area contributed by atoms with Crippen LogP contribution in [0.15, 0.2) is 48.5 Å². The number of rotatable bonds is 10. The minimum atomic E-state index is -0.665. The summed E-state index contributed by atoms with van der Waals surface area (Å²) < 4.78 is 15.9. The maximum atomic E-state index is 12.1. The molecule has 0 aliphatic rings. The van der Waals surface area contributed by atoms with Crippen molar-refractivity contribution in [2.75, 3.05) is 25.1 Å². The molecule has 0 atom stereocenters. The third-order valence-electron chi connectivity index (χ3n) is 4.00. The Morgan fingerprint density at radius 1 is 0.879 bits per heavy atom. The van der Waals surface area contributed by atoms with Crippen molar-refractivity contribution in [3.8, 4) is 11.5 Å². The number of hydrogen-bond donors (Lipinski definition) is 3. The lowest BCUT2D eigenvalue weighted by molar-refractivity contribution is -0.123. The molecule has 33 heavy (non-hydrogen) atoms. The molecule has 0 fully saturated rings. The number of hydrogen-bond acceptors (Lipinski definition) is 6. The lowest BCUT2D eigenvalue weighted by Crippen LogP contribution is -2.37. The van der Waals surface area contributed by atoms with Gasteiger partial charge in [0.05, 0.1) is 6.61 Å². The van der Waals surface area contributed by atoms with Crippen molar-refractivity contribution in [1.29, 1.82) is 0 Å². The van der Waals surface area contributed by atoms with Gasteiger partial charge in [-0.3, -0.25) is 9.59 Å². The molecule has 2 aromatic carbocycles. The Labute approximate surface area is 193 Å². The maximum absolute atomic E-state index is 12.1. The van der Waals surface area contributed by atoms with Gasteiger partial charge in [0.1, 0.15) is 23.6 Å². The molecule has 9 heteroatoms. The molecule has 0 aliphatic heterocycles. The molecule has 0 unspecified atom stereocenters. The SMILES string of the molecule is CCOc1ccc(OCC(=O)NCc2cccc(NC(=O)CNC(=O)OC(C)(C)C)c2)cc1. The smallest absolute Gasteiger partial charge is 0.408 e. The highest BCUT2D eigenvalue weighted by atomic mass is 16.6. The fourth-order valence-electron chi connectivity index (χ4n) is 2.63. The van der Waals surface area contributed by atoms with Crippen molar-refractivity contribution >= 4 is 23.6 Å². The topological polar surface area (TPSA) is 115 Å². The van der Waals surface area contributed by atoms with Crippen LogP contribution in [0.1, 0.15) is 33.3 Å². The molecule has 178 valence electrons. The highest BCUT2D eigenvalue weighted by Crippen LogP contribution is 2.17. The van der Waals surface area contributed by atoms with Crippen molar-refractivity contribution in [2.24, 2.45) is 0 Å². The van der Waals surface area contributed by atoms with Gasteiger partial charge in [0.15, 0.2) is 6.61 Å². The van der Waals surface area contributed by atoms with E-state index in [4.69, 9.17) is 14.2 Å². The highest BCUT2D eigenvalue weighted by Gasteiger charge is 2.16. The van der Waals surface area contributed by atoms with Gasteiger partial charge in [-0.1, -0.05) is 12.1 Å². The number of nitrogens with one attached hydrogen (secondary N) is 3. The van der Waals surface area contributed by atoms with Gasteiger partial charge in [-0.15, -0.1) is 0 Å². The number of carbonyl (C=O) groups is 3. The molecule has 2 rings (SSSR count). The second-order valence-corrected chi connectivity index (χ2v) is 8.07. The minimum absolute atomic E-state index is 0.124. The third kappa shape index (κ3) is 10.4. The average Bonchev–Trinajstić information content (AvgIpc) is 2.75. The molecule has 0 bridgehead atoms. The molecular formula is C24H31N3O6. The fourth-order valence-corrected chi connectivity index (χ4v) is 2.63. The van der Waals surface area contributed by atoms with Gasteiger partial charge in [0, 0.05) is 12.2 Å². The summed E-state index contributed by atoms with van der Waals surface area (Å²) in [6.07, 6.45) is -0.665. The van der Waals surface area contributed by atoms with E-state index < -0.39 is 17.6 Å². The summed E-state index contributed by atoms with van der Waals surface area (Å²) in [6, 6.07) is 14.1. The van der Waals surface area contributed by atoms with Gasteiger partial charge in [-0.25, -0.2) is 4.79 Å². The molecule has 0 aliphatic carbocycles. The number of amides is 3. The number of anilines is 1. The Kier molecular flexibility index (Phi) is 9.53. The Bertz CT molecular complexity index is 938. The normalized spacial score (nSPS) is 10.7.